The predicted molar refractivity (Wildman–Crippen MR) is 90.3 cm³/mol. The maximum absolute atomic E-state index is 4.45. The van der Waals surface area contributed by atoms with E-state index in [-0.39, 0.29) is 0 Å². The maximum atomic E-state index is 4.45. The lowest BCUT2D eigenvalue weighted by molar-refractivity contribution is 0.560. The van der Waals surface area contributed by atoms with Gasteiger partial charge in [-0.2, -0.15) is 5.10 Å². The predicted octanol–water partition coefficient (Wildman–Crippen LogP) is 3.60. The molecule has 1 aromatic heterocycles. The average molecular weight is 434 g/mol. The number of likely N-dealkylation sites (N-methyl/N-ethyl adjacent to an activating group) is 1. The van der Waals surface area contributed by atoms with E-state index in [1.807, 2.05) is 25.7 Å². The first-order valence-corrected chi connectivity index (χ1v) is 8.00. The molecule has 5 heteroatoms. The van der Waals surface area contributed by atoms with Crippen molar-refractivity contribution in [2.24, 2.45) is 7.05 Å². The molecule has 0 aliphatic carbocycles. The van der Waals surface area contributed by atoms with Crippen LogP contribution in [0, 0.1) is 10.5 Å². The Morgan fingerprint density at radius 2 is 2.00 bits per heavy atom. The normalized spacial score (nSPS) is 12.7. The second kappa shape index (κ2) is 6.37. The Bertz CT molecular complexity index is 563. The number of nitrogens with one attached hydrogen (secondary N) is 1. The Morgan fingerprint density at radius 1 is 1.37 bits per heavy atom. The van der Waals surface area contributed by atoms with Gasteiger partial charge in [0.15, 0.2) is 0 Å². The molecule has 1 atom stereocenters. The van der Waals surface area contributed by atoms with Gasteiger partial charge in [-0.15, -0.1) is 0 Å². The van der Waals surface area contributed by atoms with Crippen molar-refractivity contribution in [2.45, 2.75) is 19.4 Å². The number of rotatable bonds is 4. The molecule has 0 saturated heterocycles. The molecule has 3 nitrogen and oxygen atoms in total. The van der Waals surface area contributed by atoms with E-state index >= 15 is 0 Å². The molecule has 0 spiro atoms. The Labute approximate surface area is 136 Å². The summed E-state index contributed by atoms with van der Waals surface area (Å²) < 4.78 is 4.32. The zero-order valence-electron chi connectivity index (χ0n) is 11.2. The molecule has 2 aromatic rings. The van der Waals surface area contributed by atoms with Crippen LogP contribution in [0.1, 0.15) is 23.0 Å². The Balaban J connectivity index is 2.26. The SMILES string of the molecule is CNC(Cc1c(Br)c(C)nn1C)c1ccc(I)cc1. The molecular formula is C14H17BrIN3. The number of halogens is 2. The van der Waals surface area contributed by atoms with Crippen molar-refractivity contribution in [1.29, 1.82) is 0 Å². The van der Waals surface area contributed by atoms with E-state index in [0.717, 1.165) is 16.6 Å². The first-order valence-electron chi connectivity index (χ1n) is 6.13. The van der Waals surface area contributed by atoms with E-state index in [4.69, 9.17) is 0 Å². The third-order valence-electron chi connectivity index (χ3n) is 3.28. The van der Waals surface area contributed by atoms with Crippen molar-refractivity contribution in [2.75, 3.05) is 7.05 Å². The summed E-state index contributed by atoms with van der Waals surface area (Å²) in [5, 5.41) is 7.83. The van der Waals surface area contributed by atoms with Crippen LogP contribution in [0.3, 0.4) is 0 Å². The maximum Gasteiger partial charge on any atom is 0.0738 e. The summed E-state index contributed by atoms with van der Waals surface area (Å²) in [4.78, 5) is 0. The molecule has 0 bridgehead atoms. The molecule has 0 aliphatic heterocycles. The Kier molecular flexibility index (Phi) is 5.03. The molecule has 1 N–H and O–H groups in total. The fourth-order valence-electron chi connectivity index (χ4n) is 2.18. The summed E-state index contributed by atoms with van der Waals surface area (Å²) >= 11 is 5.96. The molecule has 1 heterocycles. The number of hydrogen-bond donors (Lipinski definition) is 1. The monoisotopic (exact) mass is 433 g/mol. The number of aromatic nitrogens is 2. The first-order chi connectivity index (χ1) is 9.02. The third-order valence-corrected chi connectivity index (χ3v) is 5.03. The van der Waals surface area contributed by atoms with Gasteiger partial charge in [0, 0.05) is 23.1 Å². The molecule has 0 amide bonds. The van der Waals surface area contributed by atoms with E-state index in [1.165, 1.54) is 14.8 Å². The number of nitrogens with zero attached hydrogens (tertiary/aromatic N) is 2. The van der Waals surface area contributed by atoms with E-state index in [2.05, 4.69) is 73.2 Å². The van der Waals surface area contributed by atoms with Crippen LogP contribution in [0.15, 0.2) is 28.7 Å². The quantitative estimate of drug-likeness (QED) is 0.746. The summed E-state index contributed by atoms with van der Waals surface area (Å²) in [6.45, 7) is 2.02. The van der Waals surface area contributed by atoms with Gasteiger partial charge in [-0.05, 0) is 70.2 Å². The highest BCUT2D eigenvalue weighted by molar-refractivity contribution is 14.1. The van der Waals surface area contributed by atoms with Gasteiger partial charge in [0.25, 0.3) is 0 Å². The fraction of sp³-hybridized carbons (Fsp3) is 0.357. The minimum atomic E-state index is 0.295. The van der Waals surface area contributed by atoms with E-state index in [9.17, 15) is 0 Å². The van der Waals surface area contributed by atoms with Crippen LogP contribution < -0.4 is 5.32 Å². The molecule has 1 unspecified atom stereocenters. The van der Waals surface area contributed by atoms with Gasteiger partial charge in [0.1, 0.15) is 0 Å². The Morgan fingerprint density at radius 3 is 2.47 bits per heavy atom. The second-order valence-electron chi connectivity index (χ2n) is 4.57. The topological polar surface area (TPSA) is 29.9 Å². The standard InChI is InChI=1S/C14H17BrIN3/c1-9-14(15)13(19(3)18-9)8-12(17-2)10-4-6-11(16)7-5-10/h4-7,12,17H,8H2,1-3H3. The lowest BCUT2D eigenvalue weighted by atomic mass is 10.0. The lowest BCUT2D eigenvalue weighted by Crippen LogP contribution is -2.20. The average Bonchev–Trinajstić information content (AvgIpc) is 2.63. The van der Waals surface area contributed by atoms with Gasteiger partial charge in [-0.3, -0.25) is 4.68 Å². The van der Waals surface area contributed by atoms with Crippen LogP contribution in [0.25, 0.3) is 0 Å². The second-order valence-corrected chi connectivity index (χ2v) is 6.61. The molecule has 0 aliphatic rings. The molecule has 19 heavy (non-hydrogen) atoms. The van der Waals surface area contributed by atoms with E-state index in [0.29, 0.717) is 6.04 Å². The van der Waals surface area contributed by atoms with Crippen LogP contribution in [-0.4, -0.2) is 16.8 Å². The summed E-state index contributed by atoms with van der Waals surface area (Å²) in [6.07, 6.45) is 0.912. The van der Waals surface area contributed by atoms with E-state index < -0.39 is 0 Å². The van der Waals surface area contributed by atoms with Crippen LogP contribution in [-0.2, 0) is 13.5 Å². The van der Waals surface area contributed by atoms with Crippen molar-refractivity contribution in [3.05, 3.63) is 49.3 Å². The van der Waals surface area contributed by atoms with Crippen LogP contribution in [0.5, 0.6) is 0 Å². The van der Waals surface area contributed by atoms with Crippen molar-refractivity contribution in [1.82, 2.24) is 15.1 Å². The summed E-state index contributed by atoms with van der Waals surface area (Å²) in [5.41, 5.74) is 3.55. The number of hydrogen-bond acceptors (Lipinski definition) is 2. The van der Waals surface area contributed by atoms with Crippen LogP contribution >= 0.6 is 38.5 Å². The summed E-state index contributed by atoms with van der Waals surface area (Å²) in [5.74, 6) is 0. The van der Waals surface area contributed by atoms with Gasteiger partial charge in [-0.25, -0.2) is 0 Å². The first kappa shape index (κ1) is 15.0. The lowest BCUT2D eigenvalue weighted by Gasteiger charge is -2.17. The van der Waals surface area contributed by atoms with Crippen molar-refractivity contribution in [3.63, 3.8) is 0 Å². The minimum absolute atomic E-state index is 0.295. The Hall–Kier alpha value is -0.400. The van der Waals surface area contributed by atoms with Crippen LogP contribution in [0.4, 0.5) is 0 Å². The van der Waals surface area contributed by atoms with Gasteiger partial charge in [-0.1, -0.05) is 12.1 Å². The molecular weight excluding hydrogens is 417 g/mol. The highest BCUT2D eigenvalue weighted by Crippen LogP contribution is 2.26. The summed E-state index contributed by atoms with van der Waals surface area (Å²) in [6, 6.07) is 8.94. The molecule has 0 fully saturated rings. The van der Waals surface area contributed by atoms with Gasteiger partial charge < -0.3 is 5.32 Å². The van der Waals surface area contributed by atoms with Crippen molar-refractivity contribution in [3.8, 4) is 0 Å². The fourth-order valence-corrected chi connectivity index (χ4v) is 3.03. The summed E-state index contributed by atoms with van der Waals surface area (Å²) in [7, 11) is 3.99. The van der Waals surface area contributed by atoms with E-state index in [1.54, 1.807) is 0 Å². The molecule has 0 radical (unpaired) electrons. The molecule has 2 rings (SSSR count). The van der Waals surface area contributed by atoms with Crippen molar-refractivity contribution >= 4 is 38.5 Å². The number of benzene rings is 1. The molecule has 102 valence electrons. The van der Waals surface area contributed by atoms with Gasteiger partial charge >= 0.3 is 0 Å². The van der Waals surface area contributed by atoms with Gasteiger partial charge in [0.2, 0.25) is 0 Å². The highest BCUT2D eigenvalue weighted by Gasteiger charge is 2.17. The van der Waals surface area contributed by atoms with Crippen LogP contribution in [0.2, 0.25) is 0 Å². The smallest absolute Gasteiger partial charge is 0.0738 e. The zero-order chi connectivity index (χ0) is 14.0. The third kappa shape index (κ3) is 3.38. The zero-order valence-corrected chi connectivity index (χ0v) is 15.0. The highest BCUT2D eigenvalue weighted by atomic mass is 127. The molecule has 0 saturated carbocycles. The molecule has 1 aromatic carbocycles. The van der Waals surface area contributed by atoms with Crippen molar-refractivity contribution < 1.29 is 0 Å². The largest absolute Gasteiger partial charge is 0.313 e. The van der Waals surface area contributed by atoms with Gasteiger partial charge in [0.05, 0.1) is 15.9 Å². The number of aryl methyl sites for hydroxylation is 2. The minimum Gasteiger partial charge on any atom is -0.313 e.